The Morgan fingerprint density at radius 3 is 2.29 bits per heavy atom. The van der Waals surface area contributed by atoms with Gasteiger partial charge in [-0.3, -0.25) is 14.5 Å². The van der Waals surface area contributed by atoms with Crippen LogP contribution in [0.15, 0.2) is 18.2 Å². The van der Waals surface area contributed by atoms with Crippen LogP contribution in [0.2, 0.25) is 10.0 Å². The Kier molecular flexibility index (Phi) is 9.13. The Morgan fingerprint density at radius 2 is 1.77 bits per heavy atom. The Balaban J connectivity index is 1.86. The van der Waals surface area contributed by atoms with Crippen LogP contribution < -0.4 is 5.32 Å². The van der Waals surface area contributed by atoms with E-state index >= 15 is 4.39 Å². The normalized spacial score (nSPS) is 16.7. The topological polar surface area (TPSA) is 61.9 Å². The van der Waals surface area contributed by atoms with Gasteiger partial charge in [-0.05, 0) is 51.8 Å². The SMILES string of the molecule is COCCN(C(=O)CN1CCC(F)(CNC(=O)c2cc(Cl)cc(Cl)c2)CC1)C(C)(C)C. The average molecular weight is 476 g/mol. The molecular formula is C22H32Cl2FN3O3. The second-order valence-electron chi connectivity index (χ2n) is 8.98. The zero-order chi connectivity index (χ0) is 23.2. The van der Waals surface area contributed by atoms with Crippen LogP contribution in [0.5, 0.6) is 0 Å². The highest BCUT2D eigenvalue weighted by atomic mass is 35.5. The van der Waals surface area contributed by atoms with E-state index in [1.807, 2.05) is 25.7 Å². The number of rotatable bonds is 8. The Labute approximate surface area is 194 Å². The molecule has 0 saturated carbocycles. The molecular weight excluding hydrogens is 444 g/mol. The summed E-state index contributed by atoms with van der Waals surface area (Å²) in [5, 5.41) is 3.34. The first-order chi connectivity index (χ1) is 14.4. The van der Waals surface area contributed by atoms with Crippen LogP contribution in [-0.2, 0) is 9.53 Å². The highest BCUT2D eigenvalue weighted by molar-refractivity contribution is 6.35. The number of amides is 2. The minimum atomic E-state index is -1.52. The van der Waals surface area contributed by atoms with Gasteiger partial charge in [-0.2, -0.15) is 0 Å². The quantitative estimate of drug-likeness (QED) is 0.620. The highest BCUT2D eigenvalue weighted by Gasteiger charge is 2.36. The first-order valence-corrected chi connectivity index (χ1v) is 11.1. The van der Waals surface area contributed by atoms with Crippen molar-refractivity contribution in [3.63, 3.8) is 0 Å². The van der Waals surface area contributed by atoms with Gasteiger partial charge in [0.05, 0.1) is 19.7 Å². The van der Waals surface area contributed by atoms with Crippen LogP contribution in [0.4, 0.5) is 4.39 Å². The summed E-state index contributed by atoms with van der Waals surface area (Å²) in [6.07, 6.45) is 0.481. The first kappa shape index (κ1) is 25.8. The minimum Gasteiger partial charge on any atom is -0.383 e. The molecule has 1 aliphatic rings. The van der Waals surface area contributed by atoms with Crippen molar-refractivity contribution in [1.29, 1.82) is 0 Å². The lowest BCUT2D eigenvalue weighted by Gasteiger charge is -2.40. The van der Waals surface area contributed by atoms with Crippen LogP contribution in [0.3, 0.4) is 0 Å². The van der Waals surface area contributed by atoms with E-state index < -0.39 is 11.6 Å². The van der Waals surface area contributed by atoms with Gasteiger partial charge in [0.25, 0.3) is 5.91 Å². The number of nitrogens with zero attached hydrogens (tertiary/aromatic N) is 2. The first-order valence-electron chi connectivity index (χ1n) is 10.4. The van der Waals surface area contributed by atoms with Gasteiger partial charge in [0.15, 0.2) is 0 Å². The van der Waals surface area contributed by atoms with Crippen molar-refractivity contribution in [1.82, 2.24) is 15.1 Å². The molecule has 2 amide bonds. The molecule has 0 aromatic heterocycles. The van der Waals surface area contributed by atoms with Gasteiger partial charge >= 0.3 is 0 Å². The van der Waals surface area contributed by atoms with Crippen molar-refractivity contribution in [3.8, 4) is 0 Å². The van der Waals surface area contributed by atoms with Gasteiger partial charge in [-0.15, -0.1) is 0 Å². The third kappa shape index (κ3) is 7.90. The maximum Gasteiger partial charge on any atom is 0.251 e. The summed E-state index contributed by atoms with van der Waals surface area (Å²) in [4.78, 5) is 28.9. The molecule has 6 nitrogen and oxygen atoms in total. The van der Waals surface area contributed by atoms with Gasteiger partial charge in [-0.1, -0.05) is 23.2 Å². The van der Waals surface area contributed by atoms with E-state index in [1.54, 1.807) is 12.0 Å². The number of piperidine rings is 1. The number of hydrogen-bond donors (Lipinski definition) is 1. The molecule has 0 radical (unpaired) electrons. The molecule has 2 rings (SSSR count). The summed E-state index contributed by atoms with van der Waals surface area (Å²) in [7, 11) is 1.61. The predicted molar refractivity (Wildman–Crippen MR) is 122 cm³/mol. The van der Waals surface area contributed by atoms with Crippen LogP contribution in [0.1, 0.15) is 44.0 Å². The number of nitrogens with one attached hydrogen (secondary N) is 1. The molecule has 1 N–H and O–H groups in total. The number of carbonyl (C=O) groups excluding carboxylic acids is 2. The molecule has 31 heavy (non-hydrogen) atoms. The minimum absolute atomic E-state index is 0.00189. The monoisotopic (exact) mass is 475 g/mol. The summed E-state index contributed by atoms with van der Waals surface area (Å²) in [5.41, 5.74) is -1.54. The summed E-state index contributed by atoms with van der Waals surface area (Å²) < 4.78 is 20.3. The van der Waals surface area contributed by atoms with Gasteiger partial charge in [0.1, 0.15) is 5.67 Å². The van der Waals surface area contributed by atoms with E-state index in [9.17, 15) is 9.59 Å². The van der Waals surface area contributed by atoms with Gasteiger partial charge in [-0.25, -0.2) is 4.39 Å². The number of ether oxygens (including phenoxy) is 1. The van der Waals surface area contributed by atoms with Crippen LogP contribution in [0, 0.1) is 0 Å². The second kappa shape index (κ2) is 10.9. The second-order valence-corrected chi connectivity index (χ2v) is 9.85. The molecule has 174 valence electrons. The third-order valence-electron chi connectivity index (χ3n) is 5.43. The predicted octanol–water partition coefficient (Wildman–Crippen LogP) is 3.80. The number of carbonyl (C=O) groups is 2. The summed E-state index contributed by atoms with van der Waals surface area (Å²) in [6.45, 7) is 7.97. The van der Waals surface area contributed by atoms with Gasteiger partial charge in [0, 0.05) is 47.9 Å². The molecule has 1 heterocycles. The fourth-order valence-corrected chi connectivity index (χ4v) is 4.13. The maximum atomic E-state index is 15.2. The van der Waals surface area contributed by atoms with Crippen molar-refractivity contribution < 1.29 is 18.7 Å². The van der Waals surface area contributed by atoms with Gasteiger partial charge in [0.2, 0.25) is 5.91 Å². The highest BCUT2D eigenvalue weighted by Crippen LogP contribution is 2.27. The molecule has 1 aromatic rings. The van der Waals surface area contributed by atoms with E-state index in [-0.39, 0.29) is 37.4 Å². The van der Waals surface area contributed by atoms with Crippen LogP contribution in [-0.4, -0.2) is 79.3 Å². The maximum absolute atomic E-state index is 15.2. The molecule has 0 bridgehead atoms. The van der Waals surface area contributed by atoms with Gasteiger partial charge < -0.3 is 15.0 Å². The fourth-order valence-electron chi connectivity index (χ4n) is 3.61. The van der Waals surface area contributed by atoms with Crippen LogP contribution >= 0.6 is 23.2 Å². The number of hydrogen-bond acceptors (Lipinski definition) is 4. The van der Waals surface area contributed by atoms with E-state index in [0.717, 1.165) is 0 Å². The summed E-state index contributed by atoms with van der Waals surface area (Å²) >= 11 is 11.8. The number of likely N-dealkylation sites (tertiary alicyclic amines) is 1. The van der Waals surface area contributed by atoms with E-state index in [0.29, 0.717) is 41.8 Å². The van der Waals surface area contributed by atoms with Crippen molar-refractivity contribution in [2.24, 2.45) is 0 Å². The Hall–Kier alpha value is -1.41. The average Bonchev–Trinajstić information content (AvgIpc) is 2.67. The number of benzene rings is 1. The largest absolute Gasteiger partial charge is 0.383 e. The van der Waals surface area contributed by atoms with E-state index in [2.05, 4.69) is 5.32 Å². The zero-order valence-electron chi connectivity index (χ0n) is 18.6. The molecule has 1 aromatic carbocycles. The lowest BCUT2D eigenvalue weighted by atomic mass is 9.93. The molecule has 0 unspecified atom stereocenters. The van der Waals surface area contributed by atoms with E-state index in [4.69, 9.17) is 27.9 Å². The van der Waals surface area contributed by atoms with E-state index in [1.165, 1.54) is 18.2 Å². The third-order valence-corrected chi connectivity index (χ3v) is 5.87. The molecule has 0 spiro atoms. The lowest BCUT2D eigenvalue weighted by Crippen LogP contribution is -2.53. The van der Waals surface area contributed by atoms with Crippen molar-refractivity contribution in [2.45, 2.75) is 44.8 Å². The molecule has 0 atom stereocenters. The molecule has 1 aliphatic heterocycles. The Bertz CT molecular complexity index is 758. The number of methoxy groups -OCH3 is 1. The molecule has 1 fully saturated rings. The Morgan fingerprint density at radius 1 is 1.19 bits per heavy atom. The fraction of sp³-hybridized carbons (Fsp3) is 0.636. The summed E-state index contributed by atoms with van der Waals surface area (Å²) in [6, 6.07) is 4.52. The molecule has 9 heteroatoms. The van der Waals surface area contributed by atoms with Crippen LogP contribution in [0.25, 0.3) is 0 Å². The molecule has 0 aliphatic carbocycles. The van der Waals surface area contributed by atoms with Crippen molar-refractivity contribution >= 4 is 35.0 Å². The number of halogens is 3. The van der Waals surface area contributed by atoms with Crippen molar-refractivity contribution in [3.05, 3.63) is 33.8 Å². The smallest absolute Gasteiger partial charge is 0.251 e. The summed E-state index contributed by atoms with van der Waals surface area (Å²) in [5.74, 6) is -0.417. The zero-order valence-corrected chi connectivity index (χ0v) is 20.2. The molecule has 1 saturated heterocycles. The lowest BCUT2D eigenvalue weighted by molar-refractivity contribution is -0.138. The van der Waals surface area contributed by atoms with Crippen molar-refractivity contribution in [2.75, 3.05) is 46.4 Å². The standard InChI is InChI=1S/C22H32Cl2FN3O3/c1-21(2,3)28(9-10-31-4)19(29)14-27-7-5-22(25,6-8-27)15-26-20(30)16-11-17(23)13-18(24)12-16/h11-13H,5-10,14-15H2,1-4H3,(H,26,30). The number of alkyl halides is 1.